The van der Waals surface area contributed by atoms with E-state index in [-0.39, 0.29) is 24.8 Å². The smallest absolute Gasteiger partial charge is 0.0457 e. The Balaban J connectivity index is 0.000000882. The van der Waals surface area contributed by atoms with Crippen LogP contribution < -0.4 is 5.32 Å². The van der Waals surface area contributed by atoms with Crippen LogP contribution in [-0.4, -0.2) is 36.1 Å². The summed E-state index contributed by atoms with van der Waals surface area (Å²) in [4.78, 5) is 6.14. The van der Waals surface area contributed by atoms with Crippen molar-refractivity contribution in [3.63, 3.8) is 0 Å². The zero-order chi connectivity index (χ0) is 13.4. The van der Waals surface area contributed by atoms with Crippen molar-refractivity contribution in [1.29, 1.82) is 0 Å². The third kappa shape index (κ3) is 3.60. The molecular formula is C17H25Cl2N3. The number of hydrogen-bond donors (Lipinski definition) is 2. The molecule has 1 saturated carbocycles. The average Bonchev–Trinajstić information content (AvgIpc) is 3.24. The Hall–Kier alpha value is -0.740. The number of benzene rings is 1. The lowest BCUT2D eigenvalue weighted by Gasteiger charge is -2.35. The maximum atomic E-state index is 3.47. The summed E-state index contributed by atoms with van der Waals surface area (Å²) in [5.41, 5.74) is 2.79. The Morgan fingerprint density at radius 3 is 2.55 bits per heavy atom. The summed E-state index contributed by atoms with van der Waals surface area (Å²) in [5.74, 6) is 0.962. The molecule has 1 aliphatic carbocycles. The van der Waals surface area contributed by atoms with E-state index in [1.165, 1.54) is 48.8 Å². The number of rotatable bonds is 4. The highest BCUT2D eigenvalue weighted by molar-refractivity contribution is 5.85. The fraction of sp³-hybridized carbons (Fsp3) is 0.529. The normalized spacial score (nSPS) is 20.2. The molecule has 2 aliphatic rings. The number of para-hydroxylation sites is 1. The van der Waals surface area contributed by atoms with Crippen LogP contribution in [0.5, 0.6) is 0 Å². The summed E-state index contributed by atoms with van der Waals surface area (Å²) in [6, 6.07) is 9.32. The van der Waals surface area contributed by atoms with Gasteiger partial charge in [-0.2, -0.15) is 0 Å². The van der Waals surface area contributed by atoms with Gasteiger partial charge in [-0.05, 0) is 24.0 Å². The number of aromatic nitrogens is 1. The molecule has 2 fully saturated rings. The van der Waals surface area contributed by atoms with Gasteiger partial charge in [-0.25, -0.2) is 0 Å². The van der Waals surface area contributed by atoms with Crippen LogP contribution in [0.4, 0.5) is 0 Å². The Kier molecular flexibility index (Phi) is 6.16. The maximum absolute atomic E-state index is 3.47. The Labute approximate surface area is 144 Å². The Morgan fingerprint density at radius 1 is 1.09 bits per heavy atom. The van der Waals surface area contributed by atoms with Gasteiger partial charge in [-0.1, -0.05) is 31.0 Å². The van der Waals surface area contributed by atoms with E-state index in [2.05, 4.69) is 45.7 Å². The van der Waals surface area contributed by atoms with Crippen molar-refractivity contribution in [2.45, 2.75) is 25.3 Å². The first-order valence-corrected chi connectivity index (χ1v) is 7.92. The second-order valence-corrected chi connectivity index (χ2v) is 6.27. The van der Waals surface area contributed by atoms with Gasteiger partial charge < -0.3 is 10.3 Å². The number of piperazine rings is 1. The van der Waals surface area contributed by atoms with Crippen LogP contribution in [0.3, 0.4) is 0 Å². The lowest BCUT2D eigenvalue weighted by molar-refractivity contribution is 0.161. The number of hydrogen-bond acceptors (Lipinski definition) is 2. The fourth-order valence-electron chi connectivity index (χ4n) is 3.51. The second-order valence-electron chi connectivity index (χ2n) is 6.27. The predicted molar refractivity (Wildman–Crippen MR) is 97.3 cm³/mol. The molecule has 3 nitrogen and oxygen atoms in total. The van der Waals surface area contributed by atoms with Gasteiger partial charge >= 0.3 is 0 Å². The average molecular weight is 342 g/mol. The van der Waals surface area contributed by atoms with Gasteiger partial charge in [0.2, 0.25) is 0 Å². The van der Waals surface area contributed by atoms with Gasteiger partial charge in [0.25, 0.3) is 0 Å². The minimum atomic E-state index is 0. The molecule has 5 heteroatoms. The summed E-state index contributed by atoms with van der Waals surface area (Å²) in [5, 5.41) is 4.89. The quantitative estimate of drug-likeness (QED) is 0.886. The van der Waals surface area contributed by atoms with E-state index >= 15 is 0 Å². The van der Waals surface area contributed by atoms with Crippen molar-refractivity contribution in [2.24, 2.45) is 5.92 Å². The minimum absolute atomic E-state index is 0. The van der Waals surface area contributed by atoms with Crippen LogP contribution in [0.2, 0.25) is 0 Å². The van der Waals surface area contributed by atoms with Crippen LogP contribution in [0.25, 0.3) is 10.9 Å². The predicted octanol–water partition coefficient (Wildman–Crippen LogP) is 3.76. The topological polar surface area (TPSA) is 31.1 Å². The molecule has 1 aromatic heterocycles. The molecule has 1 saturated heterocycles. The number of nitrogens with zero attached hydrogens (tertiary/aromatic N) is 1. The molecule has 2 N–H and O–H groups in total. The maximum Gasteiger partial charge on any atom is 0.0457 e. The lowest BCUT2D eigenvalue weighted by Crippen LogP contribution is -2.45. The van der Waals surface area contributed by atoms with Crippen LogP contribution in [0.1, 0.15) is 30.9 Å². The molecule has 0 spiro atoms. The fourth-order valence-corrected chi connectivity index (χ4v) is 3.51. The summed E-state index contributed by atoms with van der Waals surface area (Å²) in [7, 11) is 0. The first-order valence-electron chi connectivity index (χ1n) is 7.92. The van der Waals surface area contributed by atoms with Crippen molar-refractivity contribution in [2.75, 3.05) is 26.2 Å². The van der Waals surface area contributed by atoms with Gasteiger partial charge in [0.05, 0.1) is 0 Å². The summed E-state index contributed by atoms with van der Waals surface area (Å²) < 4.78 is 0. The minimum Gasteiger partial charge on any atom is -0.361 e. The van der Waals surface area contributed by atoms with E-state index < -0.39 is 0 Å². The number of H-pyrrole nitrogens is 1. The molecule has 0 amide bonds. The second kappa shape index (κ2) is 7.69. The Morgan fingerprint density at radius 2 is 1.82 bits per heavy atom. The molecule has 0 unspecified atom stereocenters. The summed E-state index contributed by atoms with van der Waals surface area (Å²) >= 11 is 0. The summed E-state index contributed by atoms with van der Waals surface area (Å²) in [6.07, 6.45) is 6.46. The van der Waals surface area contributed by atoms with Crippen molar-refractivity contribution in [1.82, 2.24) is 15.2 Å². The largest absolute Gasteiger partial charge is 0.361 e. The van der Waals surface area contributed by atoms with Crippen molar-refractivity contribution in [3.8, 4) is 0 Å². The molecule has 0 bridgehead atoms. The molecule has 2 aromatic rings. The van der Waals surface area contributed by atoms with Crippen LogP contribution in [0, 0.1) is 5.92 Å². The van der Waals surface area contributed by atoms with E-state index in [1.807, 2.05) is 0 Å². The van der Waals surface area contributed by atoms with E-state index in [0.29, 0.717) is 6.04 Å². The van der Waals surface area contributed by atoms with Crippen LogP contribution in [-0.2, 0) is 0 Å². The van der Waals surface area contributed by atoms with Gasteiger partial charge in [-0.3, -0.25) is 4.90 Å². The van der Waals surface area contributed by atoms with Crippen molar-refractivity contribution >= 4 is 35.7 Å². The van der Waals surface area contributed by atoms with E-state index in [4.69, 9.17) is 0 Å². The van der Waals surface area contributed by atoms with Crippen molar-refractivity contribution < 1.29 is 0 Å². The molecular weight excluding hydrogens is 317 g/mol. The van der Waals surface area contributed by atoms with Gasteiger partial charge in [0, 0.05) is 49.3 Å². The highest BCUT2D eigenvalue weighted by Gasteiger charge is 2.31. The number of nitrogens with one attached hydrogen (secondary N) is 2. The zero-order valence-corrected chi connectivity index (χ0v) is 14.4. The molecule has 22 heavy (non-hydrogen) atoms. The first-order chi connectivity index (χ1) is 9.92. The monoisotopic (exact) mass is 341 g/mol. The highest BCUT2D eigenvalue weighted by atomic mass is 35.5. The lowest BCUT2D eigenvalue weighted by atomic mass is 9.98. The molecule has 1 aromatic carbocycles. The van der Waals surface area contributed by atoms with Crippen LogP contribution in [0.15, 0.2) is 30.5 Å². The SMILES string of the molecule is Cl.Cl.c1ccc2c([C@@H](CC3CC3)N3CCNCC3)c[nH]c2c1. The highest BCUT2D eigenvalue weighted by Crippen LogP contribution is 2.41. The number of aromatic amines is 1. The molecule has 1 atom stereocenters. The molecule has 4 rings (SSSR count). The van der Waals surface area contributed by atoms with E-state index in [1.54, 1.807) is 0 Å². The van der Waals surface area contributed by atoms with Gasteiger partial charge in [0.15, 0.2) is 0 Å². The van der Waals surface area contributed by atoms with Gasteiger partial charge in [0.1, 0.15) is 0 Å². The Bertz CT molecular complexity index is 588. The summed E-state index contributed by atoms with van der Waals surface area (Å²) in [6.45, 7) is 4.61. The van der Waals surface area contributed by atoms with Gasteiger partial charge in [-0.15, -0.1) is 24.8 Å². The number of halogens is 2. The van der Waals surface area contributed by atoms with E-state index in [0.717, 1.165) is 19.0 Å². The van der Waals surface area contributed by atoms with E-state index in [9.17, 15) is 0 Å². The van der Waals surface area contributed by atoms with Crippen LogP contribution >= 0.6 is 24.8 Å². The zero-order valence-electron chi connectivity index (χ0n) is 12.8. The number of fused-ring (bicyclic) bond motifs is 1. The first kappa shape index (κ1) is 17.6. The molecule has 2 heterocycles. The molecule has 1 aliphatic heterocycles. The van der Waals surface area contributed by atoms with Crippen molar-refractivity contribution in [3.05, 3.63) is 36.0 Å². The standard InChI is InChI=1S/C17H23N3.2ClH/c1-2-4-16-14(3-1)15(12-19-16)17(11-13-5-6-13)20-9-7-18-8-10-20;;/h1-4,12-13,17-19H,5-11H2;2*1H/t17-;;/m1../s1. The molecule has 0 radical (unpaired) electrons. The third-order valence-corrected chi connectivity index (χ3v) is 4.83. The molecule has 122 valence electrons. The third-order valence-electron chi connectivity index (χ3n) is 4.83.